The maximum absolute atomic E-state index is 15.3. The van der Waals surface area contributed by atoms with Crippen LogP contribution in [0.25, 0.3) is 0 Å². The molecule has 0 aromatic heterocycles. The standard InChI is InChI=1S/C37H38NO2P/c1-30(41(40,34-23-13-5-14-24-34)35-25-15-6-16-26-35)37(39)36(27-31-17-7-2-8-18-31)38(28-32-19-9-3-10-20-32)29-33-21-11-4-12-22-33/h2-26,30,36-37,39H,27-29H2,1H3/t30-,36+,37?/m1/s1. The first-order chi connectivity index (χ1) is 20.1. The van der Waals surface area contributed by atoms with Crippen LogP contribution in [0, 0.1) is 0 Å². The van der Waals surface area contributed by atoms with E-state index in [0.717, 1.165) is 16.2 Å². The molecule has 0 aliphatic carbocycles. The molecule has 3 atom stereocenters. The van der Waals surface area contributed by atoms with Gasteiger partial charge in [0.1, 0.15) is 7.14 Å². The van der Waals surface area contributed by atoms with Gasteiger partial charge in [-0.25, -0.2) is 0 Å². The summed E-state index contributed by atoms with van der Waals surface area (Å²) >= 11 is 0. The molecule has 0 saturated carbocycles. The zero-order valence-corrected chi connectivity index (χ0v) is 24.4. The van der Waals surface area contributed by atoms with Crippen molar-refractivity contribution < 1.29 is 9.67 Å². The smallest absolute Gasteiger partial charge is 0.148 e. The van der Waals surface area contributed by atoms with Gasteiger partial charge in [0.2, 0.25) is 0 Å². The molecular weight excluding hydrogens is 521 g/mol. The first kappa shape index (κ1) is 28.8. The van der Waals surface area contributed by atoms with Crippen LogP contribution in [0.4, 0.5) is 0 Å². The lowest BCUT2D eigenvalue weighted by molar-refractivity contribution is 0.0389. The molecule has 5 aromatic rings. The van der Waals surface area contributed by atoms with Gasteiger partial charge in [-0.1, -0.05) is 159 Å². The van der Waals surface area contributed by atoms with Crippen molar-refractivity contribution >= 4 is 17.8 Å². The Kier molecular flexibility index (Phi) is 9.64. The molecule has 5 aromatic carbocycles. The van der Waals surface area contributed by atoms with Crippen molar-refractivity contribution in [3.8, 4) is 0 Å². The van der Waals surface area contributed by atoms with E-state index in [2.05, 4.69) is 65.6 Å². The van der Waals surface area contributed by atoms with E-state index < -0.39 is 18.9 Å². The molecule has 0 heterocycles. The molecule has 3 nitrogen and oxygen atoms in total. The predicted molar refractivity (Wildman–Crippen MR) is 171 cm³/mol. The lowest BCUT2D eigenvalue weighted by Crippen LogP contribution is -2.50. The van der Waals surface area contributed by atoms with Gasteiger partial charge in [0.25, 0.3) is 0 Å². The van der Waals surface area contributed by atoms with E-state index in [0.29, 0.717) is 19.5 Å². The number of aliphatic hydroxyl groups excluding tert-OH is 1. The Morgan fingerprint density at radius 3 is 1.29 bits per heavy atom. The highest BCUT2D eigenvalue weighted by atomic mass is 31.2. The minimum atomic E-state index is -3.21. The van der Waals surface area contributed by atoms with Crippen LogP contribution in [0.2, 0.25) is 0 Å². The Hall–Kier alpha value is -3.75. The van der Waals surface area contributed by atoms with Crippen molar-refractivity contribution in [1.29, 1.82) is 0 Å². The largest absolute Gasteiger partial charge is 0.391 e. The second kappa shape index (κ2) is 13.7. The summed E-state index contributed by atoms with van der Waals surface area (Å²) in [7, 11) is -3.21. The van der Waals surface area contributed by atoms with Crippen LogP contribution in [0.15, 0.2) is 152 Å². The van der Waals surface area contributed by atoms with E-state index in [1.165, 1.54) is 11.1 Å². The highest BCUT2D eigenvalue weighted by Crippen LogP contribution is 2.50. The summed E-state index contributed by atoms with van der Waals surface area (Å²) in [6.07, 6.45) is -0.232. The van der Waals surface area contributed by atoms with Crippen LogP contribution in [-0.4, -0.2) is 27.8 Å². The van der Waals surface area contributed by atoms with E-state index in [1.807, 2.05) is 97.9 Å². The molecule has 0 saturated heterocycles. The van der Waals surface area contributed by atoms with Crippen molar-refractivity contribution in [3.63, 3.8) is 0 Å². The SMILES string of the molecule is C[C@H](C(O)[C@H](Cc1ccccc1)N(Cc1ccccc1)Cc1ccccc1)P(=O)(c1ccccc1)c1ccccc1. The maximum Gasteiger partial charge on any atom is 0.148 e. The van der Waals surface area contributed by atoms with E-state index >= 15 is 4.57 Å². The van der Waals surface area contributed by atoms with E-state index in [-0.39, 0.29) is 6.04 Å². The third kappa shape index (κ3) is 6.94. The minimum Gasteiger partial charge on any atom is -0.391 e. The molecule has 4 heteroatoms. The second-order valence-corrected chi connectivity index (χ2v) is 13.9. The van der Waals surface area contributed by atoms with Crippen LogP contribution in [0.1, 0.15) is 23.6 Å². The summed E-state index contributed by atoms with van der Waals surface area (Å²) in [5.41, 5.74) is 2.98. The molecule has 208 valence electrons. The van der Waals surface area contributed by atoms with Crippen molar-refractivity contribution in [1.82, 2.24) is 4.90 Å². The van der Waals surface area contributed by atoms with Crippen LogP contribution >= 0.6 is 7.14 Å². The molecular formula is C37H38NO2P. The third-order valence-corrected chi connectivity index (χ3v) is 11.5. The highest BCUT2D eigenvalue weighted by Gasteiger charge is 2.42. The zero-order chi connectivity index (χ0) is 28.5. The van der Waals surface area contributed by atoms with Gasteiger partial charge in [-0.15, -0.1) is 0 Å². The van der Waals surface area contributed by atoms with Gasteiger partial charge in [0, 0.05) is 35.4 Å². The van der Waals surface area contributed by atoms with Crippen molar-refractivity contribution in [3.05, 3.63) is 168 Å². The average molecular weight is 560 g/mol. The summed E-state index contributed by atoms with van der Waals surface area (Å²) in [5, 5.41) is 14.0. The van der Waals surface area contributed by atoms with Gasteiger partial charge in [0.15, 0.2) is 0 Å². The van der Waals surface area contributed by atoms with E-state index in [9.17, 15) is 5.11 Å². The first-order valence-electron chi connectivity index (χ1n) is 14.3. The normalized spacial score (nSPS) is 13.9. The third-order valence-electron chi connectivity index (χ3n) is 7.96. The van der Waals surface area contributed by atoms with E-state index in [4.69, 9.17) is 0 Å². The molecule has 0 amide bonds. The zero-order valence-electron chi connectivity index (χ0n) is 23.5. The number of aliphatic hydroxyl groups is 1. The Morgan fingerprint density at radius 2 is 0.902 bits per heavy atom. The van der Waals surface area contributed by atoms with Crippen molar-refractivity contribution in [2.75, 3.05) is 0 Å². The van der Waals surface area contributed by atoms with Crippen LogP contribution in [0.3, 0.4) is 0 Å². The number of hydrogen-bond acceptors (Lipinski definition) is 3. The molecule has 0 aliphatic heterocycles. The molecule has 0 radical (unpaired) electrons. The molecule has 0 fully saturated rings. The van der Waals surface area contributed by atoms with Crippen LogP contribution in [0.5, 0.6) is 0 Å². The van der Waals surface area contributed by atoms with Gasteiger partial charge in [-0.05, 0) is 23.1 Å². The summed E-state index contributed by atoms with van der Waals surface area (Å²) in [5.74, 6) is 0. The Morgan fingerprint density at radius 1 is 0.561 bits per heavy atom. The number of hydrogen-bond donors (Lipinski definition) is 1. The molecule has 5 rings (SSSR count). The van der Waals surface area contributed by atoms with Gasteiger partial charge in [-0.2, -0.15) is 0 Å². The Labute approximate surface area is 244 Å². The van der Waals surface area contributed by atoms with Crippen molar-refractivity contribution in [2.24, 2.45) is 0 Å². The fourth-order valence-corrected chi connectivity index (χ4v) is 8.80. The monoisotopic (exact) mass is 559 g/mol. The fourth-order valence-electron chi connectivity index (χ4n) is 5.70. The molecule has 0 aliphatic rings. The highest BCUT2D eigenvalue weighted by molar-refractivity contribution is 7.79. The lowest BCUT2D eigenvalue weighted by Gasteiger charge is -2.40. The number of benzene rings is 5. The first-order valence-corrected chi connectivity index (χ1v) is 16.1. The molecule has 0 bridgehead atoms. The summed E-state index contributed by atoms with van der Waals surface area (Å²) < 4.78 is 15.3. The summed E-state index contributed by atoms with van der Waals surface area (Å²) in [6, 6.07) is 50.2. The fraction of sp³-hybridized carbons (Fsp3) is 0.189. The Bertz CT molecular complexity index is 1430. The minimum absolute atomic E-state index is 0.284. The molecule has 1 unspecified atom stereocenters. The maximum atomic E-state index is 15.3. The van der Waals surface area contributed by atoms with Gasteiger partial charge in [0.05, 0.1) is 6.10 Å². The summed E-state index contributed by atoms with van der Waals surface area (Å²) in [4.78, 5) is 2.36. The molecule has 1 N–H and O–H groups in total. The molecule has 41 heavy (non-hydrogen) atoms. The van der Waals surface area contributed by atoms with Crippen LogP contribution in [-0.2, 0) is 24.1 Å². The lowest BCUT2D eigenvalue weighted by atomic mass is 9.96. The predicted octanol–water partition coefficient (Wildman–Crippen LogP) is 7.06. The van der Waals surface area contributed by atoms with Crippen molar-refractivity contribution in [2.45, 2.75) is 44.2 Å². The second-order valence-electron chi connectivity index (χ2n) is 10.7. The van der Waals surface area contributed by atoms with Gasteiger partial charge in [-0.3, -0.25) is 4.90 Å². The van der Waals surface area contributed by atoms with E-state index in [1.54, 1.807) is 0 Å². The van der Waals surface area contributed by atoms with Crippen LogP contribution < -0.4 is 10.6 Å². The molecule has 0 spiro atoms. The van der Waals surface area contributed by atoms with Gasteiger partial charge >= 0.3 is 0 Å². The number of nitrogens with zero attached hydrogens (tertiary/aromatic N) is 1. The average Bonchev–Trinajstić information content (AvgIpc) is 3.04. The number of rotatable bonds is 12. The topological polar surface area (TPSA) is 40.5 Å². The van der Waals surface area contributed by atoms with Gasteiger partial charge < -0.3 is 9.67 Å². The summed E-state index contributed by atoms with van der Waals surface area (Å²) in [6.45, 7) is 3.29. The quantitative estimate of drug-likeness (QED) is 0.166. The Balaban J connectivity index is 1.59.